The van der Waals surface area contributed by atoms with E-state index in [2.05, 4.69) is 9.97 Å². The highest BCUT2D eigenvalue weighted by molar-refractivity contribution is 6.00. The zero-order valence-electron chi connectivity index (χ0n) is 10.1. The smallest absolute Gasteiger partial charge is 0.355 e. The van der Waals surface area contributed by atoms with Crippen molar-refractivity contribution in [2.24, 2.45) is 5.92 Å². The molecular weight excluding hydrogens is 235 g/mol. The highest BCUT2D eigenvalue weighted by atomic mass is 19.1. The topological polar surface area (TPSA) is 63.1 Å². The Bertz CT molecular complexity index is 611. The molecule has 1 aromatic heterocycles. The van der Waals surface area contributed by atoms with E-state index in [0.717, 1.165) is 6.07 Å². The maximum atomic E-state index is 13.1. The standard InChI is InChI=1S/C13H13FN2O2/c1-7(2)5-11-15-10-4-3-8(14)6-9(10)12(16-11)13(17)18/h3-4,6-7H,5H2,1-2H3,(H,17,18). The van der Waals surface area contributed by atoms with Crippen LogP contribution in [-0.4, -0.2) is 21.0 Å². The molecule has 1 heterocycles. The van der Waals surface area contributed by atoms with Gasteiger partial charge in [0.2, 0.25) is 0 Å². The summed E-state index contributed by atoms with van der Waals surface area (Å²) in [5.74, 6) is -0.866. The summed E-state index contributed by atoms with van der Waals surface area (Å²) in [7, 11) is 0. The van der Waals surface area contributed by atoms with Crippen LogP contribution in [0.4, 0.5) is 4.39 Å². The highest BCUT2D eigenvalue weighted by Gasteiger charge is 2.15. The molecule has 2 rings (SSSR count). The number of carboxylic acids is 1. The van der Waals surface area contributed by atoms with Gasteiger partial charge in [-0.25, -0.2) is 19.2 Å². The zero-order valence-corrected chi connectivity index (χ0v) is 10.1. The van der Waals surface area contributed by atoms with Crippen LogP contribution in [0.5, 0.6) is 0 Å². The normalized spacial score (nSPS) is 11.1. The van der Waals surface area contributed by atoms with Gasteiger partial charge in [0.15, 0.2) is 5.69 Å². The summed E-state index contributed by atoms with van der Waals surface area (Å²) in [5, 5.41) is 9.35. The number of benzene rings is 1. The molecule has 0 aliphatic rings. The predicted octanol–water partition coefficient (Wildman–Crippen LogP) is 2.67. The fourth-order valence-corrected chi connectivity index (χ4v) is 1.77. The third-order valence-corrected chi connectivity index (χ3v) is 2.50. The van der Waals surface area contributed by atoms with Crippen LogP contribution in [0, 0.1) is 11.7 Å². The molecule has 1 aromatic carbocycles. The second-order valence-corrected chi connectivity index (χ2v) is 4.55. The number of hydrogen-bond donors (Lipinski definition) is 1. The van der Waals surface area contributed by atoms with Gasteiger partial charge in [-0.3, -0.25) is 0 Å². The Labute approximate surface area is 103 Å². The molecular formula is C13H13FN2O2. The number of nitrogens with zero attached hydrogens (tertiary/aromatic N) is 2. The summed E-state index contributed by atoms with van der Waals surface area (Å²) in [6.45, 7) is 4.00. The van der Waals surface area contributed by atoms with Gasteiger partial charge in [0.25, 0.3) is 0 Å². The van der Waals surface area contributed by atoms with E-state index in [0.29, 0.717) is 23.7 Å². The van der Waals surface area contributed by atoms with Gasteiger partial charge in [-0.2, -0.15) is 0 Å². The van der Waals surface area contributed by atoms with Gasteiger partial charge in [0.1, 0.15) is 11.6 Å². The average molecular weight is 248 g/mol. The Kier molecular flexibility index (Phi) is 3.23. The minimum Gasteiger partial charge on any atom is -0.476 e. The minimum atomic E-state index is -1.17. The van der Waals surface area contributed by atoms with Crippen LogP contribution in [0.15, 0.2) is 18.2 Å². The van der Waals surface area contributed by atoms with Gasteiger partial charge in [-0.05, 0) is 24.1 Å². The molecule has 0 aliphatic heterocycles. The first-order chi connectivity index (χ1) is 8.47. The summed E-state index contributed by atoms with van der Waals surface area (Å²) < 4.78 is 13.1. The largest absolute Gasteiger partial charge is 0.476 e. The molecule has 5 heteroatoms. The van der Waals surface area contributed by atoms with E-state index in [1.807, 2.05) is 13.8 Å². The fourth-order valence-electron chi connectivity index (χ4n) is 1.77. The number of fused-ring (bicyclic) bond motifs is 1. The molecule has 0 amide bonds. The lowest BCUT2D eigenvalue weighted by Gasteiger charge is -2.07. The third-order valence-electron chi connectivity index (χ3n) is 2.50. The van der Waals surface area contributed by atoms with Gasteiger partial charge >= 0.3 is 5.97 Å². The van der Waals surface area contributed by atoms with Crippen LogP contribution in [0.25, 0.3) is 10.9 Å². The Morgan fingerprint density at radius 1 is 1.39 bits per heavy atom. The van der Waals surface area contributed by atoms with E-state index in [-0.39, 0.29) is 11.1 Å². The lowest BCUT2D eigenvalue weighted by atomic mass is 10.1. The predicted molar refractivity (Wildman–Crippen MR) is 65.0 cm³/mol. The number of aromatic carboxylic acids is 1. The van der Waals surface area contributed by atoms with Crippen molar-refractivity contribution in [3.8, 4) is 0 Å². The molecule has 18 heavy (non-hydrogen) atoms. The maximum Gasteiger partial charge on any atom is 0.355 e. The van der Waals surface area contributed by atoms with Crippen LogP contribution in [0.2, 0.25) is 0 Å². The molecule has 0 bridgehead atoms. The molecule has 0 fully saturated rings. The molecule has 0 saturated heterocycles. The Morgan fingerprint density at radius 3 is 2.72 bits per heavy atom. The first-order valence-electron chi connectivity index (χ1n) is 5.67. The fraction of sp³-hybridized carbons (Fsp3) is 0.308. The van der Waals surface area contributed by atoms with Crippen LogP contribution < -0.4 is 0 Å². The van der Waals surface area contributed by atoms with E-state index in [4.69, 9.17) is 5.11 Å². The molecule has 4 nitrogen and oxygen atoms in total. The number of rotatable bonds is 3. The second kappa shape index (κ2) is 4.68. The Hall–Kier alpha value is -2.04. The van der Waals surface area contributed by atoms with E-state index in [1.165, 1.54) is 12.1 Å². The first kappa shape index (κ1) is 12.4. The maximum absolute atomic E-state index is 13.1. The number of carbonyl (C=O) groups is 1. The number of halogens is 1. The lowest BCUT2D eigenvalue weighted by molar-refractivity contribution is 0.0692. The second-order valence-electron chi connectivity index (χ2n) is 4.55. The summed E-state index contributed by atoms with van der Waals surface area (Å²) in [6, 6.07) is 3.89. The summed E-state index contributed by atoms with van der Waals surface area (Å²) >= 11 is 0. The quantitative estimate of drug-likeness (QED) is 0.907. The van der Waals surface area contributed by atoms with Crippen molar-refractivity contribution >= 4 is 16.9 Å². The lowest BCUT2D eigenvalue weighted by Crippen LogP contribution is -2.09. The van der Waals surface area contributed by atoms with Crippen molar-refractivity contribution in [1.82, 2.24) is 9.97 Å². The van der Waals surface area contributed by atoms with Crippen molar-refractivity contribution in [3.63, 3.8) is 0 Å². The van der Waals surface area contributed by atoms with Crippen LogP contribution in [0.1, 0.15) is 30.2 Å². The minimum absolute atomic E-state index is 0.143. The molecule has 0 radical (unpaired) electrons. The first-order valence-corrected chi connectivity index (χ1v) is 5.67. The van der Waals surface area contributed by atoms with Crippen LogP contribution in [0.3, 0.4) is 0 Å². The molecule has 0 aliphatic carbocycles. The number of aromatic nitrogens is 2. The molecule has 94 valence electrons. The van der Waals surface area contributed by atoms with E-state index < -0.39 is 11.8 Å². The molecule has 0 unspecified atom stereocenters. The van der Waals surface area contributed by atoms with Crippen LogP contribution >= 0.6 is 0 Å². The Morgan fingerprint density at radius 2 is 2.11 bits per heavy atom. The van der Waals surface area contributed by atoms with Gasteiger partial charge in [-0.15, -0.1) is 0 Å². The van der Waals surface area contributed by atoms with E-state index in [9.17, 15) is 9.18 Å². The van der Waals surface area contributed by atoms with Gasteiger partial charge in [0, 0.05) is 11.8 Å². The Balaban J connectivity index is 2.66. The highest BCUT2D eigenvalue weighted by Crippen LogP contribution is 2.18. The third kappa shape index (κ3) is 2.45. The molecule has 2 aromatic rings. The van der Waals surface area contributed by atoms with Gasteiger partial charge in [-0.1, -0.05) is 13.8 Å². The monoisotopic (exact) mass is 248 g/mol. The van der Waals surface area contributed by atoms with Crippen molar-refractivity contribution in [3.05, 3.63) is 35.5 Å². The van der Waals surface area contributed by atoms with Crippen molar-refractivity contribution < 1.29 is 14.3 Å². The van der Waals surface area contributed by atoms with Crippen molar-refractivity contribution in [1.29, 1.82) is 0 Å². The van der Waals surface area contributed by atoms with Gasteiger partial charge < -0.3 is 5.11 Å². The SMILES string of the molecule is CC(C)Cc1nc(C(=O)O)c2cc(F)ccc2n1. The summed E-state index contributed by atoms with van der Waals surface area (Å²) in [5.41, 5.74) is 0.314. The van der Waals surface area contributed by atoms with Crippen molar-refractivity contribution in [2.75, 3.05) is 0 Å². The number of carboxylic acid groups (broad SMARTS) is 1. The average Bonchev–Trinajstić information content (AvgIpc) is 2.27. The van der Waals surface area contributed by atoms with E-state index in [1.54, 1.807) is 0 Å². The summed E-state index contributed by atoms with van der Waals surface area (Å²) in [6.07, 6.45) is 0.591. The van der Waals surface area contributed by atoms with Crippen molar-refractivity contribution in [2.45, 2.75) is 20.3 Å². The van der Waals surface area contributed by atoms with Gasteiger partial charge in [0.05, 0.1) is 5.52 Å². The van der Waals surface area contributed by atoms with Crippen LogP contribution in [-0.2, 0) is 6.42 Å². The molecule has 0 saturated carbocycles. The molecule has 0 spiro atoms. The summed E-state index contributed by atoms with van der Waals surface area (Å²) in [4.78, 5) is 19.4. The number of hydrogen-bond acceptors (Lipinski definition) is 3. The molecule has 0 atom stereocenters. The zero-order chi connectivity index (χ0) is 13.3. The molecule has 1 N–H and O–H groups in total. The van der Waals surface area contributed by atoms with E-state index >= 15 is 0 Å².